The van der Waals surface area contributed by atoms with E-state index in [1.54, 1.807) is 14.0 Å². The van der Waals surface area contributed by atoms with Crippen molar-refractivity contribution in [1.29, 1.82) is 0 Å². The van der Waals surface area contributed by atoms with Crippen LogP contribution >= 0.6 is 0 Å². The number of ketones is 1. The summed E-state index contributed by atoms with van der Waals surface area (Å²) < 4.78 is 0. The van der Waals surface area contributed by atoms with Crippen LogP contribution in [-0.2, 0) is 11.2 Å². The summed E-state index contributed by atoms with van der Waals surface area (Å²) in [4.78, 5) is 15.8. The first-order valence-electron chi connectivity index (χ1n) is 6.39. The highest BCUT2D eigenvalue weighted by molar-refractivity contribution is 5.81. The summed E-state index contributed by atoms with van der Waals surface area (Å²) in [5.41, 5.74) is 3.12. The molecule has 1 heterocycles. The van der Waals surface area contributed by atoms with Gasteiger partial charge in [0.2, 0.25) is 0 Å². The molecule has 2 aromatic rings. The fourth-order valence-electron chi connectivity index (χ4n) is 2.01. The van der Waals surface area contributed by atoms with Gasteiger partial charge in [-0.2, -0.15) is 0 Å². The van der Waals surface area contributed by atoms with Gasteiger partial charge in [-0.15, -0.1) is 0 Å². The van der Waals surface area contributed by atoms with E-state index in [2.05, 4.69) is 10.3 Å². The number of carbonyl (C=O) groups excluding carboxylic acids is 1. The molecule has 0 spiro atoms. The lowest BCUT2D eigenvalue weighted by atomic mass is 10.0. The van der Waals surface area contributed by atoms with Crippen LogP contribution in [0.5, 0.6) is 0 Å². The average Bonchev–Trinajstić information content (AvgIpc) is 2.46. The van der Waals surface area contributed by atoms with Crippen molar-refractivity contribution in [3.63, 3.8) is 0 Å². The van der Waals surface area contributed by atoms with Crippen molar-refractivity contribution < 1.29 is 4.79 Å². The first-order chi connectivity index (χ1) is 9.20. The molecule has 0 aliphatic rings. The second kappa shape index (κ2) is 6.25. The van der Waals surface area contributed by atoms with Crippen LogP contribution < -0.4 is 5.32 Å². The van der Waals surface area contributed by atoms with Crippen LogP contribution in [0.3, 0.4) is 0 Å². The van der Waals surface area contributed by atoms with Gasteiger partial charge in [-0.25, -0.2) is 0 Å². The van der Waals surface area contributed by atoms with Gasteiger partial charge in [0.15, 0.2) is 0 Å². The van der Waals surface area contributed by atoms with E-state index >= 15 is 0 Å². The molecule has 1 aromatic carbocycles. The molecule has 0 amide bonds. The van der Waals surface area contributed by atoms with Crippen LogP contribution in [0.15, 0.2) is 48.7 Å². The first-order valence-corrected chi connectivity index (χ1v) is 6.39. The van der Waals surface area contributed by atoms with E-state index in [0.29, 0.717) is 6.42 Å². The van der Waals surface area contributed by atoms with Crippen LogP contribution in [0, 0.1) is 0 Å². The molecule has 0 bridgehead atoms. The molecule has 3 heteroatoms. The van der Waals surface area contributed by atoms with E-state index in [1.807, 2.05) is 48.7 Å². The number of rotatable bonds is 5. The number of nitrogens with one attached hydrogen (secondary N) is 1. The molecule has 0 fully saturated rings. The highest BCUT2D eigenvalue weighted by atomic mass is 16.1. The van der Waals surface area contributed by atoms with Gasteiger partial charge < -0.3 is 5.32 Å². The highest BCUT2D eigenvalue weighted by Gasteiger charge is 2.12. The standard InChI is InChI=1S/C16H18N2O/c1-12(19)16(17-2)10-13-8-9-15(18-11-13)14-6-4-3-5-7-14/h3-9,11,16-17H,10H2,1-2H3. The van der Waals surface area contributed by atoms with E-state index in [4.69, 9.17) is 0 Å². The minimum absolute atomic E-state index is 0.135. The summed E-state index contributed by atoms with van der Waals surface area (Å²) >= 11 is 0. The maximum Gasteiger partial charge on any atom is 0.147 e. The lowest BCUT2D eigenvalue weighted by Crippen LogP contribution is -2.34. The van der Waals surface area contributed by atoms with E-state index in [-0.39, 0.29) is 11.8 Å². The lowest BCUT2D eigenvalue weighted by Gasteiger charge is -2.12. The third-order valence-corrected chi connectivity index (χ3v) is 3.17. The van der Waals surface area contributed by atoms with Gasteiger partial charge >= 0.3 is 0 Å². The Morgan fingerprint density at radius 3 is 2.47 bits per heavy atom. The summed E-state index contributed by atoms with van der Waals surface area (Å²) in [5.74, 6) is 0.148. The molecule has 0 radical (unpaired) electrons. The van der Waals surface area contributed by atoms with E-state index in [0.717, 1.165) is 16.8 Å². The molecule has 1 unspecified atom stereocenters. The Morgan fingerprint density at radius 1 is 1.21 bits per heavy atom. The van der Waals surface area contributed by atoms with Gasteiger partial charge in [0.05, 0.1) is 11.7 Å². The third kappa shape index (κ3) is 3.48. The number of likely N-dealkylation sites (N-methyl/N-ethyl adjacent to an activating group) is 1. The quantitative estimate of drug-likeness (QED) is 0.891. The Bertz CT molecular complexity index is 534. The molecule has 98 valence electrons. The number of carbonyl (C=O) groups is 1. The summed E-state index contributed by atoms with van der Waals surface area (Å²) in [6, 6.07) is 13.9. The third-order valence-electron chi connectivity index (χ3n) is 3.17. The van der Waals surface area contributed by atoms with Crippen molar-refractivity contribution in [2.75, 3.05) is 7.05 Å². The fourth-order valence-corrected chi connectivity index (χ4v) is 2.01. The number of benzene rings is 1. The van der Waals surface area contributed by atoms with E-state index < -0.39 is 0 Å². The number of aromatic nitrogens is 1. The van der Waals surface area contributed by atoms with Crippen LogP contribution in [0.4, 0.5) is 0 Å². The molecule has 19 heavy (non-hydrogen) atoms. The lowest BCUT2D eigenvalue weighted by molar-refractivity contribution is -0.118. The Kier molecular flexibility index (Phi) is 4.42. The maximum absolute atomic E-state index is 11.4. The molecular formula is C16H18N2O. The van der Waals surface area contributed by atoms with Gasteiger partial charge in [0.1, 0.15) is 5.78 Å². The van der Waals surface area contributed by atoms with Crippen LogP contribution in [0.25, 0.3) is 11.3 Å². The largest absolute Gasteiger partial charge is 0.310 e. The summed E-state index contributed by atoms with van der Waals surface area (Å²) in [7, 11) is 1.80. The van der Waals surface area contributed by atoms with Gasteiger partial charge in [-0.1, -0.05) is 36.4 Å². The second-order valence-corrected chi connectivity index (χ2v) is 4.57. The van der Waals surface area contributed by atoms with Crippen molar-refractivity contribution in [1.82, 2.24) is 10.3 Å². The first kappa shape index (κ1) is 13.4. The zero-order valence-electron chi connectivity index (χ0n) is 11.3. The number of hydrogen-bond donors (Lipinski definition) is 1. The minimum atomic E-state index is -0.135. The van der Waals surface area contributed by atoms with Gasteiger partial charge in [-0.05, 0) is 32.0 Å². The van der Waals surface area contributed by atoms with Crippen molar-refractivity contribution in [3.8, 4) is 11.3 Å². The Labute approximate surface area is 113 Å². The molecule has 2 rings (SSSR count). The predicted molar refractivity (Wildman–Crippen MR) is 76.9 cm³/mol. The molecular weight excluding hydrogens is 236 g/mol. The van der Waals surface area contributed by atoms with Crippen molar-refractivity contribution in [2.45, 2.75) is 19.4 Å². The fraction of sp³-hybridized carbons (Fsp3) is 0.250. The molecule has 0 saturated heterocycles. The monoisotopic (exact) mass is 254 g/mol. The Balaban J connectivity index is 2.13. The average molecular weight is 254 g/mol. The second-order valence-electron chi connectivity index (χ2n) is 4.57. The Morgan fingerprint density at radius 2 is 1.95 bits per heavy atom. The van der Waals surface area contributed by atoms with Gasteiger partial charge in [0, 0.05) is 11.8 Å². The zero-order valence-corrected chi connectivity index (χ0v) is 11.3. The topological polar surface area (TPSA) is 42.0 Å². The molecule has 0 saturated carbocycles. The molecule has 3 nitrogen and oxygen atoms in total. The summed E-state index contributed by atoms with van der Waals surface area (Å²) in [6.07, 6.45) is 2.52. The van der Waals surface area contributed by atoms with Crippen molar-refractivity contribution >= 4 is 5.78 Å². The SMILES string of the molecule is CNC(Cc1ccc(-c2ccccc2)nc1)C(C)=O. The van der Waals surface area contributed by atoms with Crippen LogP contribution in [-0.4, -0.2) is 23.9 Å². The van der Waals surface area contributed by atoms with Crippen molar-refractivity contribution in [2.24, 2.45) is 0 Å². The van der Waals surface area contributed by atoms with Crippen molar-refractivity contribution in [3.05, 3.63) is 54.2 Å². The van der Waals surface area contributed by atoms with Crippen LogP contribution in [0.2, 0.25) is 0 Å². The van der Waals surface area contributed by atoms with E-state index in [1.165, 1.54) is 0 Å². The summed E-state index contributed by atoms with van der Waals surface area (Å²) in [6.45, 7) is 1.60. The Hall–Kier alpha value is -2.00. The van der Waals surface area contributed by atoms with Gasteiger partial charge in [-0.3, -0.25) is 9.78 Å². The zero-order chi connectivity index (χ0) is 13.7. The molecule has 1 atom stereocenters. The summed E-state index contributed by atoms with van der Waals surface area (Å²) in [5, 5.41) is 3.02. The number of hydrogen-bond acceptors (Lipinski definition) is 3. The van der Waals surface area contributed by atoms with Gasteiger partial charge in [0.25, 0.3) is 0 Å². The molecule has 1 aromatic heterocycles. The maximum atomic E-state index is 11.4. The number of nitrogens with zero attached hydrogens (tertiary/aromatic N) is 1. The molecule has 1 N–H and O–H groups in total. The predicted octanol–water partition coefficient (Wildman–Crippen LogP) is 2.47. The minimum Gasteiger partial charge on any atom is -0.310 e. The highest BCUT2D eigenvalue weighted by Crippen LogP contribution is 2.16. The number of pyridine rings is 1. The normalized spacial score (nSPS) is 12.1. The van der Waals surface area contributed by atoms with Crippen LogP contribution in [0.1, 0.15) is 12.5 Å². The molecule has 0 aliphatic carbocycles. The smallest absolute Gasteiger partial charge is 0.147 e. The number of Topliss-reactive ketones (excluding diaryl/α,β-unsaturated/α-hetero) is 1. The molecule has 0 aliphatic heterocycles. The van der Waals surface area contributed by atoms with E-state index in [9.17, 15) is 4.79 Å².